The van der Waals surface area contributed by atoms with Gasteiger partial charge in [0.2, 0.25) is 10.0 Å². The Hall–Kier alpha value is -3.87. The molecule has 0 aliphatic rings. The summed E-state index contributed by atoms with van der Waals surface area (Å²) in [6, 6.07) is 15.6. The van der Waals surface area contributed by atoms with Gasteiger partial charge in [-0.1, -0.05) is 0 Å². The molecule has 4 aromatic rings. The molecule has 0 saturated carbocycles. The van der Waals surface area contributed by atoms with E-state index in [-0.39, 0.29) is 10.8 Å². The molecule has 4 rings (SSSR count). The summed E-state index contributed by atoms with van der Waals surface area (Å²) in [6.07, 6.45) is 3.00. The number of hydrogen-bond acceptors (Lipinski definition) is 7. The Kier molecular flexibility index (Phi) is 5.81. The quantitative estimate of drug-likeness (QED) is 0.396. The molecule has 32 heavy (non-hydrogen) atoms. The van der Waals surface area contributed by atoms with Crippen molar-refractivity contribution in [3.63, 3.8) is 0 Å². The largest absolute Gasteiger partial charge is 0.321 e. The molecule has 12 heteroatoms. The number of nitrogens with two attached hydrogens (primary N) is 1. The average molecular weight is 469 g/mol. The number of aromatic nitrogens is 3. The van der Waals surface area contributed by atoms with E-state index >= 15 is 0 Å². The first-order valence-corrected chi connectivity index (χ1v) is 11.5. The fraction of sp³-hybridized carbons (Fsp3) is 0. The summed E-state index contributed by atoms with van der Waals surface area (Å²) >= 11 is 1.03. The van der Waals surface area contributed by atoms with E-state index in [1.165, 1.54) is 30.6 Å². The van der Waals surface area contributed by atoms with E-state index in [1.54, 1.807) is 47.4 Å². The van der Waals surface area contributed by atoms with Crippen molar-refractivity contribution in [1.82, 2.24) is 14.8 Å². The van der Waals surface area contributed by atoms with Crippen LogP contribution in [0.1, 0.15) is 19.3 Å². The maximum absolute atomic E-state index is 12.5. The lowest BCUT2D eigenvalue weighted by Crippen LogP contribution is -2.13. The lowest BCUT2D eigenvalue weighted by Gasteiger charge is -2.06. The Morgan fingerprint density at radius 2 is 1.38 bits per heavy atom. The number of carbonyl (C=O) groups excluding carboxylic acids is 2. The van der Waals surface area contributed by atoms with Gasteiger partial charge in [-0.25, -0.2) is 23.2 Å². The van der Waals surface area contributed by atoms with Crippen LogP contribution >= 0.6 is 11.3 Å². The molecule has 2 aromatic carbocycles. The molecule has 0 unspecified atom stereocenters. The van der Waals surface area contributed by atoms with Crippen molar-refractivity contribution in [2.45, 2.75) is 4.90 Å². The van der Waals surface area contributed by atoms with E-state index in [0.29, 0.717) is 21.1 Å². The second kappa shape index (κ2) is 8.70. The molecule has 2 aromatic heterocycles. The first kappa shape index (κ1) is 21.4. The summed E-state index contributed by atoms with van der Waals surface area (Å²) in [5.41, 5.74) is 1.79. The van der Waals surface area contributed by atoms with E-state index in [9.17, 15) is 18.0 Å². The topological polar surface area (TPSA) is 149 Å². The number of anilines is 2. The summed E-state index contributed by atoms with van der Waals surface area (Å²) in [7, 11) is -3.81. The van der Waals surface area contributed by atoms with Crippen LogP contribution in [0.15, 0.2) is 78.2 Å². The maximum Gasteiger partial charge on any atom is 0.265 e. The maximum atomic E-state index is 12.5. The molecule has 0 bridgehead atoms. The second-order valence-electron chi connectivity index (χ2n) is 6.53. The molecule has 2 heterocycles. The predicted molar refractivity (Wildman–Crippen MR) is 119 cm³/mol. The number of benzene rings is 2. The molecule has 2 amide bonds. The molecule has 0 radical (unpaired) electrons. The molecule has 4 N–H and O–H groups in total. The van der Waals surface area contributed by atoms with Crippen molar-refractivity contribution < 1.29 is 18.0 Å². The summed E-state index contributed by atoms with van der Waals surface area (Å²) in [4.78, 5) is 29.5. The molecule has 0 aliphatic heterocycles. The monoisotopic (exact) mass is 468 g/mol. The number of thiophene rings is 1. The molecule has 0 saturated heterocycles. The van der Waals surface area contributed by atoms with Crippen LogP contribution in [0.2, 0.25) is 0 Å². The highest BCUT2D eigenvalue weighted by Crippen LogP contribution is 2.21. The third-order valence-electron chi connectivity index (χ3n) is 4.30. The van der Waals surface area contributed by atoms with Gasteiger partial charge in [-0.05, 0) is 60.7 Å². The number of sulfonamides is 1. The molecule has 0 atom stereocenters. The number of primary sulfonamides is 1. The van der Waals surface area contributed by atoms with E-state index < -0.39 is 15.9 Å². The van der Waals surface area contributed by atoms with Crippen molar-refractivity contribution in [3.8, 4) is 5.69 Å². The first-order valence-electron chi connectivity index (χ1n) is 9.10. The molecule has 0 aliphatic carbocycles. The van der Waals surface area contributed by atoms with Gasteiger partial charge in [-0.15, -0.1) is 11.3 Å². The van der Waals surface area contributed by atoms with Crippen LogP contribution in [0, 0.1) is 0 Å². The fourth-order valence-corrected chi connectivity index (χ4v) is 4.05. The molecule has 0 fully saturated rings. The van der Waals surface area contributed by atoms with Gasteiger partial charge in [0.05, 0.1) is 20.3 Å². The van der Waals surface area contributed by atoms with Gasteiger partial charge in [0.15, 0.2) is 0 Å². The number of amides is 2. The van der Waals surface area contributed by atoms with Gasteiger partial charge < -0.3 is 10.6 Å². The average Bonchev–Trinajstić information content (AvgIpc) is 3.47. The second-order valence-corrected chi connectivity index (χ2v) is 9.17. The Bertz CT molecular complexity index is 1360. The standard InChI is InChI=1S/C20H16N6O4S2/c21-32(29,30)16-7-3-14(4-8-16)25-20(28)18-10-9-17(31-18)19(27)24-13-1-5-15(6-2-13)26-12-22-11-23-26/h1-12H,(H,24,27)(H,25,28)(H2,21,29,30). The normalized spacial score (nSPS) is 11.2. The van der Waals surface area contributed by atoms with Crippen molar-refractivity contribution in [3.05, 3.63) is 83.1 Å². The minimum absolute atomic E-state index is 0.0556. The highest BCUT2D eigenvalue weighted by molar-refractivity contribution is 7.89. The van der Waals surface area contributed by atoms with Crippen LogP contribution in [0.3, 0.4) is 0 Å². The minimum Gasteiger partial charge on any atom is -0.321 e. The lowest BCUT2D eigenvalue weighted by atomic mass is 10.2. The highest BCUT2D eigenvalue weighted by Gasteiger charge is 2.15. The molecule has 0 spiro atoms. The third kappa shape index (κ3) is 4.88. The fourth-order valence-electron chi connectivity index (χ4n) is 2.73. The van der Waals surface area contributed by atoms with Gasteiger partial charge in [0.1, 0.15) is 12.7 Å². The highest BCUT2D eigenvalue weighted by atomic mass is 32.2. The number of carbonyl (C=O) groups is 2. The zero-order valence-corrected chi connectivity index (χ0v) is 17.9. The van der Waals surface area contributed by atoms with Crippen LogP contribution in [0.4, 0.5) is 11.4 Å². The van der Waals surface area contributed by atoms with E-state index in [1.807, 2.05) is 0 Å². The number of hydrogen-bond donors (Lipinski definition) is 3. The number of nitrogens with zero attached hydrogens (tertiary/aromatic N) is 3. The zero-order valence-electron chi connectivity index (χ0n) is 16.3. The minimum atomic E-state index is -3.81. The predicted octanol–water partition coefficient (Wildman–Crippen LogP) is 2.48. The van der Waals surface area contributed by atoms with E-state index in [2.05, 4.69) is 20.7 Å². The van der Waals surface area contributed by atoms with Gasteiger partial charge in [-0.2, -0.15) is 5.10 Å². The molecule has 162 valence electrons. The molecular weight excluding hydrogens is 452 g/mol. The van der Waals surface area contributed by atoms with Gasteiger partial charge in [0, 0.05) is 11.4 Å². The number of rotatable bonds is 6. The summed E-state index contributed by atoms with van der Waals surface area (Å²) in [5, 5.41) is 14.5. The first-order chi connectivity index (χ1) is 15.3. The van der Waals surface area contributed by atoms with Crippen LogP contribution in [0.5, 0.6) is 0 Å². The summed E-state index contributed by atoms with van der Waals surface area (Å²) in [5.74, 6) is -0.769. The van der Waals surface area contributed by atoms with Crippen molar-refractivity contribution in [2.75, 3.05) is 10.6 Å². The Labute approximate surface area is 186 Å². The van der Waals surface area contributed by atoms with Crippen molar-refractivity contribution in [2.24, 2.45) is 5.14 Å². The Morgan fingerprint density at radius 1 is 0.844 bits per heavy atom. The Balaban J connectivity index is 1.39. The van der Waals surface area contributed by atoms with Crippen LogP contribution in [-0.4, -0.2) is 35.0 Å². The summed E-state index contributed by atoms with van der Waals surface area (Å²) in [6.45, 7) is 0. The van der Waals surface area contributed by atoms with E-state index in [0.717, 1.165) is 17.0 Å². The lowest BCUT2D eigenvalue weighted by molar-refractivity contribution is 0.102. The van der Waals surface area contributed by atoms with E-state index in [4.69, 9.17) is 5.14 Å². The molecule has 10 nitrogen and oxygen atoms in total. The molecular formula is C20H16N6O4S2. The van der Waals surface area contributed by atoms with Crippen molar-refractivity contribution in [1.29, 1.82) is 0 Å². The van der Waals surface area contributed by atoms with Crippen LogP contribution in [-0.2, 0) is 10.0 Å². The van der Waals surface area contributed by atoms with Crippen LogP contribution < -0.4 is 15.8 Å². The smallest absolute Gasteiger partial charge is 0.265 e. The number of nitrogens with one attached hydrogen (secondary N) is 2. The summed E-state index contributed by atoms with van der Waals surface area (Å²) < 4.78 is 24.2. The Morgan fingerprint density at radius 3 is 1.84 bits per heavy atom. The van der Waals surface area contributed by atoms with Crippen LogP contribution in [0.25, 0.3) is 5.69 Å². The van der Waals surface area contributed by atoms with Gasteiger partial charge in [0.25, 0.3) is 11.8 Å². The third-order valence-corrected chi connectivity index (χ3v) is 6.31. The van der Waals surface area contributed by atoms with Gasteiger partial charge in [-0.3, -0.25) is 9.59 Å². The zero-order chi connectivity index (χ0) is 22.7. The van der Waals surface area contributed by atoms with Crippen molar-refractivity contribution >= 4 is 44.5 Å². The van der Waals surface area contributed by atoms with Gasteiger partial charge >= 0.3 is 0 Å². The SMILES string of the molecule is NS(=O)(=O)c1ccc(NC(=O)c2ccc(C(=O)Nc3ccc(-n4cncn4)cc3)s2)cc1.